The molecule has 146 valence electrons. The Morgan fingerprint density at radius 1 is 1.37 bits per heavy atom. The van der Waals surface area contributed by atoms with E-state index in [0.717, 1.165) is 12.0 Å². The van der Waals surface area contributed by atoms with Crippen molar-refractivity contribution in [2.24, 2.45) is 0 Å². The number of sulfone groups is 1. The number of aromatic nitrogens is 3. The van der Waals surface area contributed by atoms with Gasteiger partial charge in [-0.2, -0.15) is 0 Å². The Hall–Kier alpha value is -1.87. The number of H-pyrrole nitrogens is 1. The molecule has 7 nitrogen and oxygen atoms in total. The van der Waals surface area contributed by atoms with Gasteiger partial charge in [0.15, 0.2) is 15.7 Å². The fraction of sp³-hybridized carbons (Fsp3) is 0.500. The third kappa shape index (κ3) is 4.90. The van der Waals surface area contributed by atoms with E-state index in [4.69, 9.17) is 0 Å². The number of aromatic amines is 1. The van der Waals surface area contributed by atoms with Gasteiger partial charge in [0.1, 0.15) is 0 Å². The molecule has 1 saturated heterocycles. The van der Waals surface area contributed by atoms with Crippen LogP contribution in [-0.2, 0) is 14.6 Å². The number of hydrogen-bond acceptors (Lipinski definition) is 6. The third-order valence-corrected chi connectivity index (χ3v) is 7.37. The van der Waals surface area contributed by atoms with Crippen LogP contribution in [0.3, 0.4) is 0 Å². The van der Waals surface area contributed by atoms with Crippen LogP contribution in [0.15, 0.2) is 35.5 Å². The third-order valence-electron chi connectivity index (χ3n) is 4.79. The molecule has 1 aliphatic heterocycles. The molecule has 1 N–H and O–H groups in total. The lowest BCUT2D eigenvalue weighted by Crippen LogP contribution is -2.47. The van der Waals surface area contributed by atoms with Crippen molar-refractivity contribution in [3.63, 3.8) is 0 Å². The zero-order chi connectivity index (χ0) is 19.4. The highest BCUT2D eigenvalue weighted by Gasteiger charge is 2.36. The van der Waals surface area contributed by atoms with E-state index in [1.807, 2.05) is 44.2 Å². The summed E-state index contributed by atoms with van der Waals surface area (Å²) in [7, 11) is -3.04. The van der Waals surface area contributed by atoms with Crippen molar-refractivity contribution >= 4 is 27.5 Å². The standard InChI is InChI=1S/C18H24N4O3S2/c1-3-13(2)22(15-9-10-27(24,25)12-15)16(23)11-26-18-19-17(20-21-18)14-7-5-4-6-8-14/h4-8,13,15H,3,9-12H2,1-2H3,(H,19,20,21)/t13-,15-/m0/s1. The van der Waals surface area contributed by atoms with Crippen LogP contribution in [0.2, 0.25) is 0 Å². The van der Waals surface area contributed by atoms with Crippen LogP contribution in [-0.4, -0.2) is 63.7 Å². The molecule has 0 radical (unpaired) electrons. The summed E-state index contributed by atoms with van der Waals surface area (Å²) in [4.78, 5) is 19.0. The van der Waals surface area contributed by atoms with E-state index >= 15 is 0 Å². The van der Waals surface area contributed by atoms with Gasteiger partial charge in [-0.3, -0.25) is 9.89 Å². The van der Waals surface area contributed by atoms with E-state index in [9.17, 15) is 13.2 Å². The Bertz CT molecular complexity index is 883. The molecular weight excluding hydrogens is 384 g/mol. The zero-order valence-corrected chi connectivity index (χ0v) is 17.1. The predicted molar refractivity (Wildman–Crippen MR) is 106 cm³/mol. The number of nitrogens with zero attached hydrogens (tertiary/aromatic N) is 3. The normalized spacial score (nSPS) is 19.7. The molecular formula is C18H24N4O3S2. The van der Waals surface area contributed by atoms with Crippen LogP contribution in [0.5, 0.6) is 0 Å². The maximum atomic E-state index is 12.8. The minimum atomic E-state index is -3.04. The summed E-state index contributed by atoms with van der Waals surface area (Å²) in [6.07, 6.45) is 1.30. The molecule has 0 aliphatic carbocycles. The average molecular weight is 409 g/mol. The van der Waals surface area contributed by atoms with E-state index < -0.39 is 9.84 Å². The number of carbonyl (C=O) groups is 1. The highest BCUT2D eigenvalue weighted by molar-refractivity contribution is 7.99. The number of nitrogens with one attached hydrogen (secondary N) is 1. The second-order valence-electron chi connectivity index (χ2n) is 6.74. The minimum Gasteiger partial charge on any atom is -0.335 e. The molecule has 1 amide bonds. The number of thioether (sulfide) groups is 1. The molecule has 1 aromatic carbocycles. The highest BCUT2D eigenvalue weighted by Crippen LogP contribution is 2.24. The largest absolute Gasteiger partial charge is 0.335 e. The van der Waals surface area contributed by atoms with Crippen molar-refractivity contribution in [1.82, 2.24) is 20.1 Å². The van der Waals surface area contributed by atoms with Gasteiger partial charge in [-0.1, -0.05) is 49.0 Å². The van der Waals surface area contributed by atoms with Gasteiger partial charge in [0.2, 0.25) is 11.1 Å². The molecule has 0 bridgehead atoms. The molecule has 0 unspecified atom stereocenters. The first-order chi connectivity index (χ1) is 12.9. The lowest BCUT2D eigenvalue weighted by Gasteiger charge is -2.33. The first-order valence-electron chi connectivity index (χ1n) is 9.02. The Morgan fingerprint density at radius 2 is 2.11 bits per heavy atom. The van der Waals surface area contributed by atoms with Crippen molar-refractivity contribution in [2.45, 2.75) is 43.9 Å². The zero-order valence-electron chi connectivity index (χ0n) is 15.5. The van der Waals surface area contributed by atoms with Crippen molar-refractivity contribution in [2.75, 3.05) is 17.3 Å². The van der Waals surface area contributed by atoms with Crippen LogP contribution in [0.25, 0.3) is 11.4 Å². The summed E-state index contributed by atoms with van der Waals surface area (Å²) >= 11 is 1.26. The van der Waals surface area contributed by atoms with E-state index in [-0.39, 0.29) is 35.2 Å². The molecule has 1 aliphatic rings. The Kier molecular flexibility index (Phi) is 6.21. The van der Waals surface area contributed by atoms with E-state index in [1.54, 1.807) is 4.90 Å². The molecule has 1 aromatic heterocycles. The Labute approximate surface area is 163 Å². The summed E-state index contributed by atoms with van der Waals surface area (Å²) in [5.74, 6) is 1.00. The summed E-state index contributed by atoms with van der Waals surface area (Å²) in [5.41, 5.74) is 0.931. The quantitative estimate of drug-likeness (QED) is 0.707. The van der Waals surface area contributed by atoms with Crippen LogP contribution in [0.1, 0.15) is 26.7 Å². The molecule has 9 heteroatoms. The topological polar surface area (TPSA) is 96.0 Å². The maximum Gasteiger partial charge on any atom is 0.233 e. The smallest absolute Gasteiger partial charge is 0.233 e. The van der Waals surface area contributed by atoms with Gasteiger partial charge < -0.3 is 4.90 Å². The second kappa shape index (κ2) is 8.43. The van der Waals surface area contributed by atoms with Crippen molar-refractivity contribution in [1.29, 1.82) is 0 Å². The number of hydrogen-bond donors (Lipinski definition) is 1. The SMILES string of the molecule is CC[C@H](C)N(C(=O)CSc1n[nH]c(-c2ccccc2)n1)[C@H]1CCS(=O)(=O)C1. The molecule has 1 fully saturated rings. The van der Waals surface area contributed by atoms with Gasteiger partial charge >= 0.3 is 0 Å². The monoisotopic (exact) mass is 408 g/mol. The van der Waals surface area contributed by atoms with E-state index in [2.05, 4.69) is 15.2 Å². The maximum absolute atomic E-state index is 12.8. The molecule has 3 rings (SSSR count). The van der Waals surface area contributed by atoms with Gasteiger partial charge in [0.25, 0.3) is 0 Å². The summed E-state index contributed by atoms with van der Waals surface area (Å²) in [5, 5.41) is 7.56. The van der Waals surface area contributed by atoms with Crippen molar-refractivity contribution in [3.8, 4) is 11.4 Å². The first kappa shape index (κ1) is 19.9. The summed E-state index contributed by atoms with van der Waals surface area (Å²) < 4.78 is 23.7. The van der Waals surface area contributed by atoms with Gasteiger partial charge in [-0.05, 0) is 19.8 Å². The van der Waals surface area contributed by atoms with Crippen LogP contribution >= 0.6 is 11.8 Å². The summed E-state index contributed by atoms with van der Waals surface area (Å²) in [6.45, 7) is 3.97. The van der Waals surface area contributed by atoms with E-state index in [1.165, 1.54) is 11.8 Å². The van der Waals surface area contributed by atoms with Gasteiger partial charge in [-0.15, -0.1) is 5.10 Å². The van der Waals surface area contributed by atoms with Crippen molar-refractivity contribution < 1.29 is 13.2 Å². The number of benzene rings is 1. The van der Waals surface area contributed by atoms with Crippen LogP contribution in [0.4, 0.5) is 0 Å². The van der Waals surface area contributed by atoms with Gasteiger partial charge in [0, 0.05) is 17.6 Å². The average Bonchev–Trinajstić information content (AvgIpc) is 3.27. The van der Waals surface area contributed by atoms with Crippen molar-refractivity contribution in [3.05, 3.63) is 30.3 Å². The number of rotatable bonds is 7. The highest BCUT2D eigenvalue weighted by atomic mass is 32.2. The molecule has 2 heterocycles. The lowest BCUT2D eigenvalue weighted by atomic mass is 10.1. The number of amides is 1. The fourth-order valence-corrected chi connectivity index (χ4v) is 5.62. The Balaban J connectivity index is 1.65. The first-order valence-corrected chi connectivity index (χ1v) is 11.8. The predicted octanol–water partition coefficient (Wildman–Crippen LogP) is 2.38. The fourth-order valence-electron chi connectivity index (χ4n) is 3.24. The molecule has 0 spiro atoms. The minimum absolute atomic E-state index is 0.00317. The molecule has 27 heavy (non-hydrogen) atoms. The molecule has 2 aromatic rings. The lowest BCUT2D eigenvalue weighted by molar-refractivity contribution is -0.132. The summed E-state index contributed by atoms with van der Waals surface area (Å²) in [6, 6.07) is 9.42. The second-order valence-corrected chi connectivity index (χ2v) is 9.91. The van der Waals surface area contributed by atoms with E-state index in [0.29, 0.717) is 17.4 Å². The Morgan fingerprint density at radius 3 is 2.74 bits per heavy atom. The molecule has 2 atom stereocenters. The van der Waals surface area contributed by atoms with Gasteiger partial charge in [0.05, 0.1) is 17.3 Å². The number of carbonyl (C=O) groups excluding carboxylic acids is 1. The van der Waals surface area contributed by atoms with Crippen LogP contribution < -0.4 is 0 Å². The van der Waals surface area contributed by atoms with Gasteiger partial charge in [-0.25, -0.2) is 13.4 Å². The van der Waals surface area contributed by atoms with Crippen LogP contribution in [0, 0.1) is 0 Å². The molecule has 0 saturated carbocycles.